The van der Waals surface area contributed by atoms with Crippen molar-refractivity contribution in [3.8, 4) is 17.0 Å². The van der Waals surface area contributed by atoms with E-state index in [0.29, 0.717) is 21.9 Å². The first kappa shape index (κ1) is 31.2. The minimum Gasteiger partial charge on any atom is -0.497 e. The van der Waals surface area contributed by atoms with Crippen LogP contribution in [-0.4, -0.2) is 40.0 Å². The van der Waals surface area contributed by atoms with E-state index in [4.69, 9.17) is 4.74 Å². The van der Waals surface area contributed by atoms with Crippen molar-refractivity contribution in [2.24, 2.45) is 0 Å². The number of amides is 3. The lowest BCUT2D eigenvalue weighted by Crippen LogP contribution is -2.30. The van der Waals surface area contributed by atoms with Crippen molar-refractivity contribution in [3.63, 3.8) is 0 Å². The van der Waals surface area contributed by atoms with Crippen molar-refractivity contribution in [2.75, 3.05) is 17.7 Å². The molecule has 9 nitrogen and oxygen atoms in total. The molecule has 226 valence electrons. The van der Waals surface area contributed by atoms with Crippen molar-refractivity contribution in [1.29, 1.82) is 0 Å². The van der Waals surface area contributed by atoms with Gasteiger partial charge in [0.2, 0.25) is 5.91 Å². The van der Waals surface area contributed by atoms with Gasteiger partial charge in [0.15, 0.2) is 5.13 Å². The molecule has 1 atom stereocenters. The van der Waals surface area contributed by atoms with E-state index in [2.05, 4.69) is 25.9 Å². The molecule has 5 aromatic rings. The second kappa shape index (κ2) is 15.0. The van der Waals surface area contributed by atoms with Gasteiger partial charge in [0.05, 0.1) is 18.1 Å². The average Bonchev–Trinajstić information content (AvgIpc) is 3.54. The zero-order valence-electron chi connectivity index (χ0n) is 24.4. The summed E-state index contributed by atoms with van der Waals surface area (Å²) in [5.41, 5.74) is 3.38. The molecule has 0 saturated heterocycles. The summed E-state index contributed by atoms with van der Waals surface area (Å²) < 4.78 is 5.20. The fourth-order valence-corrected chi connectivity index (χ4v) is 5.67. The Bertz CT molecular complexity index is 1790. The molecule has 3 N–H and O–H groups in total. The van der Waals surface area contributed by atoms with Crippen LogP contribution in [0.5, 0.6) is 5.75 Å². The second-order valence-electron chi connectivity index (χ2n) is 9.66. The summed E-state index contributed by atoms with van der Waals surface area (Å²) in [6.07, 6.45) is 4.79. The summed E-state index contributed by atoms with van der Waals surface area (Å²) in [5, 5.41) is 10.4. The third-order valence-electron chi connectivity index (χ3n) is 6.44. The van der Waals surface area contributed by atoms with Gasteiger partial charge >= 0.3 is 0 Å². The van der Waals surface area contributed by atoms with Crippen LogP contribution >= 0.6 is 23.1 Å². The summed E-state index contributed by atoms with van der Waals surface area (Å²) in [6, 6.07) is 26.9. The molecule has 0 saturated carbocycles. The van der Waals surface area contributed by atoms with Crippen LogP contribution in [0.1, 0.15) is 22.8 Å². The number of rotatable bonds is 11. The highest BCUT2D eigenvalue weighted by Crippen LogP contribution is 2.29. The molecule has 1 unspecified atom stereocenters. The summed E-state index contributed by atoms with van der Waals surface area (Å²) in [6.45, 7) is 1.82. The monoisotopic (exact) mass is 635 g/mol. The standard InChI is InChI=1S/C34H29N5O4S2/c1-22(31(40)39-34-38-30(21-44-34)24-10-14-27(43-2)15-11-24)45-28-16-12-26(13-17-28)36-33(42)29(19-23-7-6-18-35-20-23)37-32(41)25-8-4-3-5-9-25/h3-22H,1-2H3,(H,36,42)(H,37,41)(H,38,39,40)/b29-19-. The molecule has 2 heterocycles. The number of carbonyl (C=O) groups excluding carboxylic acids is 3. The lowest BCUT2D eigenvalue weighted by atomic mass is 10.2. The maximum Gasteiger partial charge on any atom is 0.272 e. The van der Waals surface area contributed by atoms with Crippen molar-refractivity contribution >= 4 is 57.7 Å². The molecule has 0 aliphatic carbocycles. The van der Waals surface area contributed by atoms with E-state index in [0.717, 1.165) is 21.9 Å². The van der Waals surface area contributed by atoms with Gasteiger partial charge in [-0.3, -0.25) is 19.4 Å². The molecule has 45 heavy (non-hydrogen) atoms. The van der Waals surface area contributed by atoms with Crippen molar-refractivity contribution in [1.82, 2.24) is 15.3 Å². The lowest BCUT2D eigenvalue weighted by Gasteiger charge is -2.13. The normalized spacial score (nSPS) is 11.7. The lowest BCUT2D eigenvalue weighted by molar-refractivity contribution is -0.115. The van der Waals surface area contributed by atoms with Gasteiger partial charge in [0.1, 0.15) is 11.4 Å². The molecule has 3 aromatic carbocycles. The number of methoxy groups -OCH3 is 1. The van der Waals surface area contributed by atoms with E-state index < -0.39 is 17.1 Å². The van der Waals surface area contributed by atoms with Gasteiger partial charge in [-0.2, -0.15) is 0 Å². The molecule has 0 bridgehead atoms. The van der Waals surface area contributed by atoms with E-state index in [-0.39, 0.29) is 11.6 Å². The summed E-state index contributed by atoms with van der Waals surface area (Å²) in [7, 11) is 1.62. The summed E-state index contributed by atoms with van der Waals surface area (Å²) >= 11 is 2.74. The molecule has 5 rings (SSSR count). The van der Waals surface area contributed by atoms with E-state index >= 15 is 0 Å². The third-order valence-corrected chi connectivity index (χ3v) is 8.31. The van der Waals surface area contributed by atoms with Gasteiger partial charge in [0, 0.05) is 39.5 Å². The molecule has 0 aliphatic rings. The van der Waals surface area contributed by atoms with Crippen LogP contribution in [-0.2, 0) is 9.59 Å². The number of thiazole rings is 1. The van der Waals surface area contributed by atoms with E-state index in [9.17, 15) is 14.4 Å². The fraction of sp³-hybridized carbons (Fsp3) is 0.0882. The number of nitrogens with one attached hydrogen (secondary N) is 3. The number of benzene rings is 3. The van der Waals surface area contributed by atoms with Crippen LogP contribution in [0.15, 0.2) is 119 Å². The quantitative estimate of drug-likeness (QED) is 0.109. The first-order valence-electron chi connectivity index (χ1n) is 13.8. The predicted molar refractivity (Wildman–Crippen MR) is 179 cm³/mol. The number of hydrogen-bond donors (Lipinski definition) is 3. The Morgan fingerprint density at radius 3 is 2.36 bits per heavy atom. The number of ether oxygens (including phenoxy) is 1. The first-order valence-corrected chi connectivity index (χ1v) is 15.6. The van der Waals surface area contributed by atoms with E-state index in [1.54, 1.807) is 74.1 Å². The Morgan fingerprint density at radius 1 is 0.911 bits per heavy atom. The number of anilines is 2. The van der Waals surface area contributed by atoms with Crippen LogP contribution in [0, 0.1) is 0 Å². The number of aromatic nitrogens is 2. The van der Waals surface area contributed by atoms with Gasteiger partial charge in [0.25, 0.3) is 11.8 Å². The number of carbonyl (C=O) groups is 3. The van der Waals surface area contributed by atoms with Gasteiger partial charge < -0.3 is 20.7 Å². The molecule has 11 heteroatoms. The largest absolute Gasteiger partial charge is 0.497 e. The Labute approximate surface area is 268 Å². The molecule has 0 fully saturated rings. The number of thioether (sulfide) groups is 1. The van der Waals surface area contributed by atoms with Gasteiger partial charge in [-0.15, -0.1) is 23.1 Å². The summed E-state index contributed by atoms with van der Waals surface area (Å²) in [4.78, 5) is 48.4. The maximum absolute atomic E-state index is 13.2. The predicted octanol–water partition coefficient (Wildman–Crippen LogP) is 6.74. The zero-order chi connectivity index (χ0) is 31.6. The van der Waals surface area contributed by atoms with Crippen molar-refractivity contribution < 1.29 is 19.1 Å². The highest BCUT2D eigenvalue weighted by molar-refractivity contribution is 8.00. The van der Waals surface area contributed by atoms with Crippen LogP contribution in [0.4, 0.5) is 10.8 Å². The molecular weight excluding hydrogens is 607 g/mol. The molecule has 3 amide bonds. The molecule has 2 aromatic heterocycles. The van der Waals surface area contributed by atoms with Crippen molar-refractivity contribution in [3.05, 3.63) is 126 Å². The van der Waals surface area contributed by atoms with Crippen LogP contribution < -0.4 is 20.7 Å². The maximum atomic E-state index is 13.2. The number of pyridine rings is 1. The zero-order valence-corrected chi connectivity index (χ0v) is 26.0. The Hall–Kier alpha value is -5.26. The van der Waals surface area contributed by atoms with Crippen LogP contribution in [0.2, 0.25) is 0 Å². The number of nitrogens with zero attached hydrogens (tertiary/aromatic N) is 2. The van der Waals surface area contributed by atoms with Gasteiger partial charge in [-0.05, 0) is 85.3 Å². The number of hydrogen-bond acceptors (Lipinski definition) is 8. The molecular formula is C34H29N5O4S2. The van der Waals surface area contributed by atoms with Crippen LogP contribution in [0.25, 0.3) is 17.3 Å². The molecule has 0 radical (unpaired) electrons. The second-order valence-corrected chi connectivity index (χ2v) is 11.9. The topological polar surface area (TPSA) is 122 Å². The van der Waals surface area contributed by atoms with Gasteiger partial charge in [-0.25, -0.2) is 4.98 Å². The highest BCUT2D eigenvalue weighted by atomic mass is 32.2. The average molecular weight is 636 g/mol. The van der Waals surface area contributed by atoms with Crippen molar-refractivity contribution in [2.45, 2.75) is 17.1 Å². The fourth-order valence-electron chi connectivity index (χ4n) is 4.08. The molecule has 0 spiro atoms. The van der Waals surface area contributed by atoms with Crippen LogP contribution in [0.3, 0.4) is 0 Å². The third kappa shape index (κ3) is 8.65. The molecule has 0 aliphatic heterocycles. The Kier molecular flexibility index (Phi) is 10.4. The van der Waals surface area contributed by atoms with Gasteiger partial charge in [-0.1, -0.05) is 24.3 Å². The first-order chi connectivity index (χ1) is 21.9. The Morgan fingerprint density at radius 2 is 1.67 bits per heavy atom. The smallest absolute Gasteiger partial charge is 0.272 e. The minimum atomic E-state index is -0.492. The summed E-state index contributed by atoms with van der Waals surface area (Å²) in [5.74, 6) is -0.311. The minimum absolute atomic E-state index is 0.0675. The SMILES string of the molecule is COc1ccc(-c2csc(NC(=O)C(C)Sc3ccc(NC(=O)/C(=C/c4cccnc4)NC(=O)c4ccccc4)cc3)n2)cc1. The van der Waals surface area contributed by atoms with E-state index in [1.807, 2.05) is 54.8 Å². The highest BCUT2D eigenvalue weighted by Gasteiger charge is 2.18. The Balaban J connectivity index is 1.19. The van der Waals surface area contributed by atoms with E-state index in [1.165, 1.54) is 23.1 Å².